The maximum atomic E-state index is 11.9. The molecule has 0 aliphatic rings. The molecule has 0 aliphatic carbocycles. The molecule has 1 aromatic heterocycles. The van der Waals surface area contributed by atoms with Crippen LogP contribution < -0.4 is 5.73 Å². The van der Waals surface area contributed by atoms with E-state index >= 15 is 0 Å². The standard InChI is InChI=1S/C11H18N4O/c1-4-6-8-9(12)10(14-13-8)11(16)15(3)7-5-2/h5H,2,4,6-7,12H2,1,3H3,(H,13,14). The molecule has 0 aliphatic heterocycles. The minimum Gasteiger partial charge on any atom is -0.395 e. The smallest absolute Gasteiger partial charge is 0.276 e. The number of aryl methyl sites for hydroxylation is 1. The number of anilines is 1. The van der Waals surface area contributed by atoms with Crippen molar-refractivity contribution >= 4 is 11.6 Å². The zero-order valence-electron chi connectivity index (χ0n) is 9.79. The maximum Gasteiger partial charge on any atom is 0.276 e. The highest BCUT2D eigenvalue weighted by atomic mass is 16.2. The number of nitrogens with two attached hydrogens (primary N) is 1. The third kappa shape index (κ3) is 2.42. The van der Waals surface area contributed by atoms with Crippen LogP contribution >= 0.6 is 0 Å². The topological polar surface area (TPSA) is 75.0 Å². The van der Waals surface area contributed by atoms with Gasteiger partial charge in [-0.25, -0.2) is 0 Å². The molecule has 0 unspecified atom stereocenters. The Kier molecular flexibility index (Phi) is 4.10. The Morgan fingerprint density at radius 3 is 2.94 bits per heavy atom. The molecule has 0 aromatic carbocycles. The third-order valence-corrected chi connectivity index (χ3v) is 2.34. The van der Waals surface area contributed by atoms with E-state index in [1.54, 1.807) is 13.1 Å². The molecule has 88 valence electrons. The van der Waals surface area contributed by atoms with Gasteiger partial charge in [-0.2, -0.15) is 5.10 Å². The van der Waals surface area contributed by atoms with Crippen LogP contribution in [0.5, 0.6) is 0 Å². The molecule has 16 heavy (non-hydrogen) atoms. The second-order valence-corrected chi connectivity index (χ2v) is 3.69. The van der Waals surface area contributed by atoms with Crippen LogP contribution in [0, 0.1) is 0 Å². The second kappa shape index (κ2) is 5.34. The van der Waals surface area contributed by atoms with Crippen LogP contribution in [-0.2, 0) is 6.42 Å². The first-order valence-electron chi connectivity index (χ1n) is 5.30. The molecule has 5 heteroatoms. The number of aromatic amines is 1. The molecule has 3 N–H and O–H groups in total. The van der Waals surface area contributed by atoms with Gasteiger partial charge in [0.1, 0.15) is 0 Å². The summed E-state index contributed by atoms with van der Waals surface area (Å²) in [5, 5.41) is 6.77. The third-order valence-electron chi connectivity index (χ3n) is 2.34. The van der Waals surface area contributed by atoms with Gasteiger partial charge in [0.15, 0.2) is 5.69 Å². The van der Waals surface area contributed by atoms with Crippen LogP contribution in [-0.4, -0.2) is 34.6 Å². The van der Waals surface area contributed by atoms with E-state index < -0.39 is 0 Å². The van der Waals surface area contributed by atoms with Gasteiger partial charge in [-0.1, -0.05) is 19.4 Å². The summed E-state index contributed by atoms with van der Waals surface area (Å²) in [6, 6.07) is 0. The van der Waals surface area contributed by atoms with Gasteiger partial charge in [-0.3, -0.25) is 9.89 Å². The van der Waals surface area contributed by atoms with Crippen LogP contribution in [0.15, 0.2) is 12.7 Å². The van der Waals surface area contributed by atoms with Crippen molar-refractivity contribution < 1.29 is 4.79 Å². The largest absolute Gasteiger partial charge is 0.395 e. The molecule has 0 bridgehead atoms. The fourth-order valence-corrected chi connectivity index (χ4v) is 1.45. The molecule has 1 aromatic rings. The predicted molar refractivity (Wildman–Crippen MR) is 64.2 cm³/mol. The zero-order chi connectivity index (χ0) is 12.1. The lowest BCUT2D eigenvalue weighted by Gasteiger charge is -2.13. The minimum absolute atomic E-state index is 0.184. The van der Waals surface area contributed by atoms with Gasteiger partial charge in [-0.15, -0.1) is 6.58 Å². The Balaban J connectivity index is 2.87. The summed E-state index contributed by atoms with van der Waals surface area (Å²) in [7, 11) is 1.69. The van der Waals surface area contributed by atoms with Crippen LogP contribution in [0.4, 0.5) is 5.69 Å². The number of nitrogens with one attached hydrogen (secondary N) is 1. The number of carbonyl (C=O) groups excluding carboxylic acids is 1. The molecular formula is C11H18N4O. The Bertz CT molecular complexity index is 383. The summed E-state index contributed by atoms with van der Waals surface area (Å²) in [6.45, 7) is 6.11. The zero-order valence-corrected chi connectivity index (χ0v) is 9.79. The van der Waals surface area contributed by atoms with Gasteiger partial charge in [0.05, 0.1) is 11.4 Å². The summed E-state index contributed by atoms with van der Waals surface area (Å²) < 4.78 is 0. The second-order valence-electron chi connectivity index (χ2n) is 3.69. The van der Waals surface area contributed by atoms with Crippen molar-refractivity contribution in [3.63, 3.8) is 0 Å². The van der Waals surface area contributed by atoms with E-state index in [9.17, 15) is 4.79 Å². The fourth-order valence-electron chi connectivity index (χ4n) is 1.45. The highest BCUT2D eigenvalue weighted by molar-refractivity contribution is 5.97. The average Bonchev–Trinajstić information content (AvgIpc) is 2.61. The van der Waals surface area contributed by atoms with Crippen LogP contribution in [0.3, 0.4) is 0 Å². The van der Waals surface area contributed by atoms with Gasteiger partial charge >= 0.3 is 0 Å². The normalized spacial score (nSPS) is 10.1. The average molecular weight is 222 g/mol. The van der Waals surface area contributed by atoms with Crippen molar-refractivity contribution in [2.45, 2.75) is 19.8 Å². The molecule has 1 rings (SSSR count). The number of likely N-dealkylation sites (N-methyl/N-ethyl adjacent to an activating group) is 1. The molecule has 5 nitrogen and oxygen atoms in total. The molecule has 0 saturated carbocycles. The number of hydrogen-bond acceptors (Lipinski definition) is 3. The lowest BCUT2D eigenvalue weighted by atomic mass is 10.2. The van der Waals surface area contributed by atoms with E-state index in [4.69, 9.17) is 5.73 Å². The molecule has 0 saturated heterocycles. The summed E-state index contributed by atoms with van der Waals surface area (Å²) in [4.78, 5) is 13.4. The number of carbonyl (C=O) groups is 1. The van der Waals surface area contributed by atoms with Crippen molar-refractivity contribution in [3.05, 3.63) is 24.0 Å². The van der Waals surface area contributed by atoms with Crippen molar-refractivity contribution in [1.29, 1.82) is 0 Å². The van der Waals surface area contributed by atoms with E-state index in [0.717, 1.165) is 18.5 Å². The van der Waals surface area contributed by atoms with Gasteiger partial charge < -0.3 is 10.6 Å². The molecule has 1 heterocycles. The number of aromatic nitrogens is 2. The minimum atomic E-state index is -0.184. The summed E-state index contributed by atoms with van der Waals surface area (Å²) in [6.07, 6.45) is 3.42. The highest BCUT2D eigenvalue weighted by Crippen LogP contribution is 2.16. The van der Waals surface area contributed by atoms with E-state index in [2.05, 4.69) is 16.8 Å². The number of H-pyrrole nitrogens is 1. The van der Waals surface area contributed by atoms with Crippen molar-refractivity contribution in [3.8, 4) is 0 Å². The quantitative estimate of drug-likeness (QED) is 0.735. The molecule has 0 spiro atoms. The summed E-state index contributed by atoms with van der Waals surface area (Å²) >= 11 is 0. The number of nitrogen functional groups attached to an aromatic ring is 1. The maximum absolute atomic E-state index is 11.9. The van der Waals surface area contributed by atoms with Gasteiger partial charge in [0.25, 0.3) is 5.91 Å². The Labute approximate surface area is 95.3 Å². The van der Waals surface area contributed by atoms with E-state index in [0.29, 0.717) is 17.9 Å². The Hall–Kier alpha value is -1.78. The molecule has 1 amide bonds. The van der Waals surface area contributed by atoms with Crippen LogP contribution in [0.25, 0.3) is 0 Å². The SMILES string of the molecule is C=CCN(C)C(=O)c1n[nH]c(CCC)c1N. The van der Waals surface area contributed by atoms with Gasteiger partial charge in [0, 0.05) is 13.6 Å². The van der Waals surface area contributed by atoms with Crippen LogP contribution in [0.2, 0.25) is 0 Å². The van der Waals surface area contributed by atoms with E-state index in [1.165, 1.54) is 4.90 Å². The van der Waals surface area contributed by atoms with E-state index in [1.807, 2.05) is 6.92 Å². The van der Waals surface area contributed by atoms with Crippen LogP contribution in [0.1, 0.15) is 29.5 Å². The molecule has 0 fully saturated rings. The molecular weight excluding hydrogens is 204 g/mol. The fraction of sp³-hybridized carbons (Fsp3) is 0.455. The first-order valence-corrected chi connectivity index (χ1v) is 5.30. The number of nitrogens with zero attached hydrogens (tertiary/aromatic N) is 2. The highest BCUT2D eigenvalue weighted by Gasteiger charge is 2.19. The Morgan fingerprint density at radius 2 is 2.38 bits per heavy atom. The van der Waals surface area contributed by atoms with E-state index in [-0.39, 0.29) is 5.91 Å². The number of hydrogen-bond donors (Lipinski definition) is 2. The van der Waals surface area contributed by atoms with Gasteiger partial charge in [-0.05, 0) is 6.42 Å². The summed E-state index contributed by atoms with van der Waals surface area (Å²) in [5.74, 6) is -0.184. The number of amides is 1. The first-order chi connectivity index (χ1) is 7.61. The van der Waals surface area contributed by atoms with Crippen molar-refractivity contribution in [1.82, 2.24) is 15.1 Å². The van der Waals surface area contributed by atoms with Crippen molar-refractivity contribution in [2.24, 2.45) is 0 Å². The summed E-state index contributed by atoms with van der Waals surface area (Å²) in [5.41, 5.74) is 7.45. The van der Waals surface area contributed by atoms with Crippen molar-refractivity contribution in [2.75, 3.05) is 19.3 Å². The Morgan fingerprint density at radius 1 is 1.69 bits per heavy atom. The lowest BCUT2D eigenvalue weighted by Crippen LogP contribution is -2.27. The van der Waals surface area contributed by atoms with Gasteiger partial charge in [0.2, 0.25) is 0 Å². The molecule has 0 atom stereocenters. The molecule has 0 radical (unpaired) electrons. The number of rotatable bonds is 5. The monoisotopic (exact) mass is 222 g/mol. The first kappa shape index (κ1) is 12.3. The predicted octanol–water partition coefficient (Wildman–Crippen LogP) is 1.20. The lowest BCUT2D eigenvalue weighted by molar-refractivity contribution is 0.0805.